The molecular formula is C55H61N3O7. The lowest BCUT2D eigenvalue weighted by Gasteiger charge is -2.49. The van der Waals surface area contributed by atoms with Crippen molar-refractivity contribution in [2.24, 2.45) is 11.8 Å². The Morgan fingerprint density at radius 1 is 0.938 bits per heavy atom. The smallest absolute Gasteiger partial charge is 0.161 e. The van der Waals surface area contributed by atoms with Gasteiger partial charge in [0.15, 0.2) is 11.5 Å². The molecule has 10 heteroatoms. The molecule has 5 aromatic rings. The van der Waals surface area contributed by atoms with Gasteiger partial charge in [0, 0.05) is 59.4 Å². The first-order valence-corrected chi connectivity index (χ1v) is 23.6. The Hall–Kier alpha value is -5.54. The number of dihydropyridines is 1. The van der Waals surface area contributed by atoms with Crippen LogP contribution in [-0.2, 0) is 45.5 Å². The molecular weight excluding hydrogens is 815 g/mol. The second kappa shape index (κ2) is 19.1. The molecule has 1 aromatic heterocycles. The number of nitrogens with zero attached hydrogens (tertiary/aromatic N) is 1. The highest BCUT2D eigenvalue weighted by molar-refractivity contribution is 5.88. The van der Waals surface area contributed by atoms with E-state index in [1.54, 1.807) is 25.3 Å². The van der Waals surface area contributed by atoms with E-state index in [1.807, 2.05) is 24.3 Å². The second-order valence-corrected chi connectivity index (χ2v) is 18.7. The van der Waals surface area contributed by atoms with Crippen LogP contribution in [0.2, 0.25) is 0 Å². The molecule has 1 fully saturated rings. The number of fused-ring (bicyclic) bond motifs is 9. The summed E-state index contributed by atoms with van der Waals surface area (Å²) in [4.78, 5) is 0. The number of nitrogens with one attached hydrogen (secondary N) is 2. The van der Waals surface area contributed by atoms with Gasteiger partial charge in [0.1, 0.15) is 24.3 Å². The SMILES string of the molecule is COCNC1C=C2C#CC(CCc3ccc(O)cc3)CCCC3CC(O)CCc4ccc(O)c(c4)OCc4cc(C56CCOCC5CCc5ccccc56)cc5cn(cc45)C(=C2CO3)N1. The van der Waals surface area contributed by atoms with Gasteiger partial charge in [-0.3, -0.25) is 5.32 Å². The van der Waals surface area contributed by atoms with Gasteiger partial charge >= 0.3 is 0 Å². The fraction of sp³-hybridized carbons (Fsp3) is 0.418. The highest BCUT2D eigenvalue weighted by atomic mass is 16.5. The number of aromatic nitrogens is 1. The van der Waals surface area contributed by atoms with E-state index in [0.29, 0.717) is 50.9 Å². The summed E-state index contributed by atoms with van der Waals surface area (Å²) >= 11 is 0. The molecule has 0 amide bonds. The van der Waals surface area contributed by atoms with Crippen LogP contribution in [0.15, 0.2) is 108 Å². The molecule has 5 heterocycles. The number of aromatic hydroxyl groups is 2. The van der Waals surface area contributed by atoms with Gasteiger partial charge in [-0.1, -0.05) is 60.4 Å². The molecule has 10 nitrogen and oxygen atoms in total. The van der Waals surface area contributed by atoms with Crippen LogP contribution < -0.4 is 15.4 Å². The molecule has 5 N–H and O–H groups in total. The van der Waals surface area contributed by atoms with Crippen LogP contribution >= 0.6 is 0 Å². The summed E-state index contributed by atoms with van der Waals surface area (Å²) in [6.45, 7) is 2.31. The van der Waals surface area contributed by atoms with Crippen LogP contribution in [0, 0.1) is 23.7 Å². The first-order chi connectivity index (χ1) is 31.8. The van der Waals surface area contributed by atoms with E-state index in [1.165, 1.54) is 22.3 Å². The third kappa shape index (κ3) is 9.18. The number of ether oxygens (including phenoxy) is 4. The predicted octanol–water partition coefficient (Wildman–Crippen LogP) is 8.64. The van der Waals surface area contributed by atoms with Gasteiger partial charge in [0.05, 0.1) is 32.2 Å². The maximum atomic E-state index is 11.6. The number of aryl methyl sites for hydroxylation is 3. The van der Waals surface area contributed by atoms with Crippen LogP contribution in [0.5, 0.6) is 17.2 Å². The number of hydrogen-bond donors (Lipinski definition) is 5. The molecule has 0 spiro atoms. The van der Waals surface area contributed by atoms with Gasteiger partial charge in [-0.15, -0.1) is 0 Å². The Balaban J connectivity index is 1.13. The van der Waals surface area contributed by atoms with E-state index in [-0.39, 0.29) is 41.7 Å². The number of rotatable bonds is 7. The summed E-state index contributed by atoms with van der Waals surface area (Å²) in [5.74, 6) is 9.52. The van der Waals surface area contributed by atoms with Crippen molar-refractivity contribution in [2.75, 3.05) is 33.7 Å². The monoisotopic (exact) mass is 875 g/mol. The molecule has 65 heavy (non-hydrogen) atoms. The molecule has 1 aliphatic carbocycles. The van der Waals surface area contributed by atoms with Crippen molar-refractivity contribution in [3.05, 3.63) is 142 Å². The highest BCUT2D eigenvalue weighted by Gasteiger charge is 2.47. The standard InChI is InChI=1S/C55H61N3O7/c1-62-35-56-53-28-40-16-11-36(9-10-37-12-19-45(59)20-13-37)5-4-7-47-29-46(60)21-14-38-15-22-51(61)52(25-38)65-32-42-27-44(26-41-30-58(31-48(41)42)54(57-53)49(40)34-64-47)55-23-24-63-33-43(55)18-17-39-6-2-3-8-50(39)55/h2-3,6,8,12-13,15,19-20,22,25-28,30-31,36,43,46-47,53,56-57,59-61H,4-5,7,9-10,14,17-18,21,23-24,29,32-35H2,1H3. The fourth-order valence-corrected chi connectivity index (χ4v) is 11.1. The Morgan fingerprint density at radius 2 is 1.83 bits per heavy atom. The zero-order chi connectivity index (χ0) is 44.3. The molecule has 338 valence electrons. The number of aliphatic hydroxyl groups is 1. The normalized spacial score (nSPS) is 25.7. The van der Waals surface area contributed by atoms with Crippen molar-refractivity contribution in [3.8, 4) is 29.1 Å². The van der Waals surface area contributed by atoms with Crippen molar-refractivity contribution in [3.63, 3.8) is 0 Å². The maximum absolute atomic E-state index is 11.6. The Kier molecular flexibility index (Phi) is 12.8. The number of methoxy groups -OCH3 is 1. The van der Waals surface area contributed by atoms with Gasteiger partial charge < -0.3 is 44.2 Å². The molecule has 6 atom stereocenters. The molecule has 10 rings (SSSR count). The summed E-state index contributed by atoms with van der Waals surface area (Å²) < 4.78 is 27.5. The van der Waals surface area contributed by atoms with Gasteiger partial charge in [-0.2, -0.15) is 0 Å². The van der Waals surface area contributed by atoms with E-state index in [4.69, 9.17) is 18.9 Å². The van der Waals surface area contributed by atoms with Gasteiger partial charge in [0.25, 0.3) is 0 Å². The lowest BCUT2D eigenvalue weighted by Crippen LogP contribution is -2.47. The fourth-order valence-electron chi connectivity index (χ4n) is 11.1. The Labute approximate surface area is 382 Å². The number of phenols is 2. The molecule has 6 unspecified atom stereocenters. The first kappa shape index (κ1) is 43.4. The van der Waals surface area contributed by atoms with Crippen LogP contribution in [0.3, 0.4) is 0 Å². The van der Waals surface area contributed by atoms with Gasteiger partial charge in [-0.05, 0) is 146 Å². The van der Waals surface area contributed by atoms with Crippen LogP contribution in [0.4, 0.5) is 0 Å². The van der Waals surface area contributed by atoms with Crippen molar-refractivity contribution < 1.29 is 34.3 Å². The summed E-state index contributed by atoms with van der Waals surface area (Å²) in [6.07, 6.45) is 14.6. The minimum absolute atomic E-state index is 0.0922. The third-order valence-corrected chi connectivity index (χ3v) is 14.6. The van der Waals surface area contributed by atoms with E-state index in [9.17, 15) is 15.3 Å². The third-order valence-electron chi connectivity index (χ3n) is 14.6. The topological polar surface area (TPSA) is 127 Å². The molecule has 1 saturated heterocycles. The average molecular weight is 876 g/mol. The molecule has 4 aliphatic heterocycles. The van der Waals surface area contributed by atoms with E-state index < -0.39 is 6.10 Å². The minimum atomic E-state index is -0.583. The highest BCUT2D eigenvalue weighted by Crippen LogP contribution is 2.52. The molecule has 0 saturated carbocycles. The Morgan fingerprint density at radius 3 is 2.72 bits per heavy atom. The maximum Gasteiger partial charge on any atom is 0.161 e. The summed E-state index contributed by atoms with van der Waals surface area (Å²) in [5.41, 5.74) is 8.90. The number of aliphatic hydroxyl groups excluding tert-OH is 1. The van der Waals surface area contributed by atoms with Crippen LogP contribution in [0.25, 0.3) is 16.6 Å². The summed E-state index contributed by atoms with van der Waals surface area (Å²) in [7, 11) is 1.68. The summed E-state index contributed by atoms with van der Waals surface area (Å²) in [5, 5.41) is 42.1. The molecule has 0 radical (unpaired) electrons. The van der Waals surface area contributed by atoms with Crippen LogP contribution in [0.1, 0.15) is 84.7 Å². The number of benzene rings is 4. The minimum Gasteiger partial charge on any atom is -0.508 e. The lowest BCUT2D eigenvalue weighted by atomic mass is 9.57. The van der Waals surface area contributed by atoms with Gasteiger partial charge in [0.2, 0.25) is 0 Å². The van der Waals surface area contributed by atoms with Crippen molar-refractivity contribution in [2.45, 2.75) is 101 Å². The van der Waals surface area contributed by atoms with E-state index in [0.717, 1.165) is 96.8 Å². The Bertz CT molecular complexity index is 2640. The number of hydrogen-bond acceptors (Lipinski definition) is 9. The summed E-state index contributed by atoms with van der Waals surface area (Å²) in [6, 6.07) is 26.8. The first-order valence-electron chi connectivity index (χ1n) is 23.6. The van der Waals surface area contributed by atoms with Crippen molar-refractivity contribution in [1.29, 1.82) is 0 Å². The number of phenolic OH excluding ortho intramolecular Hbond substituents is 2. The van der Waals surface area contributed by atoms with Crippen molar-refractivity contribution >= 4 is 16.6 Å². The van der Waals surface area contributed by atoms with Crippen molar-refractivity contribution in [1.82, 2.24) is 15.2 Å². The van der Waals surface area contributed by atoms with E-state index in [2.05, 4.69) is 81.9 Å². The quantitative estimate of drug-likeness (QED) is 0.0808. The second-order valence-electron chi connectivity index (χ2n) is 18.7. The van der Waals surface area contributed by atoms with E-state index >= 15 is 0 Å². The zero-order valence-corrected chi connectivity index (χ0v) is 37.4. The molecule has 6 bridgehead atoms. The van der Waals surface area contributed by atoms with Gasteiger partial charge in [-0.25, -0.2) is 0 Å². The lowest BCUT2D eigenvalue weighted by molar-refractivity contribution is 0.00498. The molecule has 5 aliphatic rings. The van der Waals surface area contributed by atoms with Crippen LogP contribution in [-0.4, -0.2) is 71.9 Å². The molecule has 4 aromatic carbocycles. The zero-order valence-electron chi connectivity index (χ0n) is 37.4. The average Bonchev–Trinajstić information content (AvgIpc) is 3.76. The predicted molar refractivity (Wildman–Crippen MR) is 252 cm³/mol. The largest absolute Gasteiger partial charge is 0.508 e.